The van der Waals surface area contributed by atoms with Crippen molar-refractivity contribution < 1.29 is 9.21 Å². The molecule has 4 nitrogen and oxygen atoms in total. The monoisotopic (exact) mass is 270 g/mol. The van der Waals surface area contributed by atoms with Crippen molar-refractivity contribution in [2.45, 2.75) is 26.3 Å². The molecular formula is C13H19ClN2O2. The molecule has 1 fully saturated rings. The smallest absolute Gasteiger partial charge is 0.258 e. The predicted molar refractivity (Wildman–Crippen MR) is 70.9 cm³/mol. The third kappa shape index (κ3) is 2.54. The Labute approximate surface area is 112 Å². The lowest BCUT2D eigenvalue weighted by Gasteiger charge is -2.26. The summed E-state index contributed by atoms with van der Waals surface area (Å²) >= 11 is 5.84. The average Bonchev–Trinajstić information content (AvgIpc) is 2.99. The van der Waals surface area contributed by atoms with E-state index < -0.39 is 0 Å². The lowest BCUT2D eigenvalue weighted by atomic mass is 10.2. The molecule has 0 spiro atoms. The molecule has 1 aliphatic heterocycles. The molecule has 0 saturated carbocycles. The van der Waals surface area contributed by atoms with Gasteiger partial charge in [-0.15, -0.1) is 0 Å². The fourth-order valence-electron chi connectivity index (χ4n) is 2.58. The second kappa shape index (κ2) is 5.76. The highest BCUT2D eigenvalue weighted by atomic mass is 35.5. The van der Waals surface area contributed by atoms with Crippen molar-refractivity contribution >= 4 is 17.5 Å². The van der Waals surface area contributed by atoms with E-state index in [1.54, 1.807) is 6.07 Å². The number of hydrogen-bond donors (Lipinski definition) is 0. The summed E-state index contributed by atoms with van der Waals surface area (Å²) in [5.41, 5.74) is 0.469. The fraction of sp³-hybridized carbons (Fsp3) is 0.615. The van der Waals surface area contributed by atoms with Gasteiger partial charge in [-0.2, -0.15) is 0 Å². The minimum Gasteiger partial charge on any atom is -0.452 e. The van der Waals surface area contributed by atoms with Crippen molar-refractivity contribution in [3.8, 4) is 0 Å². The molecule has 1 saturated heterocycles. The van der Waals surface area contributed by atoms with E-state index in [0.29, 0.717) is 11.6 Å². The summed E-state index contributed by atoms with van der Waals surface area (Å²) in [7, 11) is 0. The minimum absolute atomic E-state index is 0.0246. The van der Waals surface area contributed by atoms with Gasteiger partial charge >= 0.3 is 0 Å². The number of likely N-dealkylation sites (tertiary alicyclic amines) is 1. The number of amides is 1. The Kier molecular flexibility index (Phi) is 4.30. The van der Waals surface area contributed by atoms with Crippen LogP contribution in [0.2, 0.25) is 5.22 Å². The van der Waals surface area contributed by atoms with Crippen molar-refractivity contribution in [1.82, 2.24) is 9.80 Å². The van der Waals surface area contributed by atoms with E-state index in [-0.39, 0.29) is 11.1 Å². The first-order valence-corrected chi connectivity index (χ1v) is 6.81. The van der Waals surface area contributed by atoms with Crippen molar-refractivity contribution in [2.24, 2.45) is 0 Å². The number of halogens is 1. The molecule has 100 valence electrons. The van der Waals surface area contributed by atoms with E-state index in [0.717, 1.165) is 32.6 Å². The van der Waals surface area contributed by atoms with Gasteiger partial charge in [-0.25, -0.2) is 0 Å². The zero-order valence-electron chi connectivity index (χ0n) is 10.9. The van der Waals surface area contributed by atoms with Gasteiger partial charge in [-0.05, 0) is 37.2 Å². The zero-order chi connectivity index (χ0) is 13.1. The molecule has 0 aliphatic carbocycles. The summed E-state index contributed by atoms with van der Waals surface area (Å²) in [5.74, 6) is -0.0246. The second-order valence-electron chi connectivity index (χ2n) is 4.52. The maximum Gasteiger partial charge on any atom is 0.258 e. The van der Waals surface area contributed by atoms with E-state index >= 15 is 0 Å². The summed E-state index contributed by atoms with van der Waals surface area (Å²) < 4.78 is 4.97. The maximum atomic E-state index is 12.2. The first-order valence-electron chi connectivity index (χ1n) is 6.43. The SMILES string of the molecule is CCN(CC)C1CCN(C(=O)c2ccoc2Cl)C1. The largest absolute Gasteiger partial charge is 0.452 e. The molecule has 1 unspecified atom stereocenters. The Hall–Kier alpha value is -1.00. The van der Waals surface area contributed by atoms with Crippen molar-refractivity contribution in [1.29, 1.82) is 0 Å². The molecular weight excluding hydrogens is 252 g/mol. The normalized spacial score (nSPS) is 19.8. The van der Waals surface area contributed by atoms with E-state index in [1.807, 2.05) is 4.90 Å². The number of rotatable bonds is 4. The molecule has 18 heavy (non-hydrogen) atoms. The quantitative estimate of drug-likeness (QED) is 0.843. The third-order valence-electron chi connectivity index (χ3n) is 3.63. The van der Waals surface area contributed by atoms with Crippen LogP contribution in [0, 0.1) is 0 Å². The van der Waals surface area contributed by atoms with Gasteiger partial charge in [0, 0.05) is 19.1 Å². The van der Waals surface area contributed by atoms with Crippen molar-refractivity contribution in [3.05, 3.63) is 23.1 Å². The van der Waals surface area contributed by atoms with Crippen LogP contribution in [0.15, 0.2) is 16.7 Å². The van der Waals surface area contributed by atoms with Crippen LogP contribution in [0.25, 0.3) is 0 Å². The van der Waals surface area contributed by atoms with Gasteiger partial charge < -0.3 is 9.32 Å². The summed E-state index contributed by atoms with van der Waals surface area (Å²) in [6.07, 6.45) is 2.48. The average molecular weight is 271 g/mol. The van der Waals surface area contributed by atoms with Gasteiger partial charge in [0.1, 0.15) is 0 Å². The molecule has 1 atom stereocenters. The number of furan rings is 1. The molecule has 0 bridgehead atoms. The molecule has 0 radical (unpaired) electrons. The van der Waals surface area contributed by atoms with E-state index in [9.17, 15) is 4.79 Å². The standard InChI is InChI=1S/C13H19ClN2O2/c1-3-15(4-2)10-5-7-16(9-10)13(17)11-6-8-18-12(11)14/h6,8,10H,3-5,7,9H2,1-2H3. The first kappa shape index (κ1) is 13.4. The Morgan fingerprint density at radius 1 is 1.56 bits per heavy atom. The first-order chi connectivity index (χ1) is 8.67. The van der Waals surface area contributed by atoms with Crippen LogP contribution in [-0.2, 0) is 0 Å². The lowest BCUT2D eigenvalue weighted by Crippen LogP contribution is -2.38. The van der Waals surface area contributed by atoms with Crippen molar-refractivity contribution in [2.75, 3.05) is 26.2 Å². The Balaban J connectivity index is 2.01. The second-order valence-corrected chi connectivity index (χ2v) is 4.87. The van der Waals surface area contributed by atoms with E-state index in [2.05, 4.69) is 18.7 Å². The summed E-state index contributed by atoms with van der Waals surface area (Å²) in [4.78, 5) is 16.5. The van der Waals surface area contributed by atoms with Crippen LogP contribution in [0.3, 0.4) is 0 Å². The summed E-state index contributed by atoms with van der Waals surface area (Å²) in [5, 5.41) is 0.186. The van der Waals surface area contributed by atoms with Crippen LogP contribution in [0.4, 0.5) is 0 Å². The van der Waals surface area contributed by atoms with Gasteiger partial charge in [0.2, 0.25) is 5.22 Å². The van der Waals surface area contributed by atoms with E-state index in [1.165, 1.54) is 6.26 Å². The van der Waals surface area contributed by atoms with Crippen molar-refractivity contribution in [3.63, 3.8) is 0 Å². The highest BCUT2D eigenvalue weighted by Crippen LogP contribution is 2.22. The van der Waals surface area contributed by atoms with Gasteiger partial charge in [-0.1, -0.05) is 13.8 Å². The molecule has 1 aromatic heterocycles. The van der Waals surface area contributed by atoms with Gasteiger partial charge in [0.05, 0.1) is 11.8 Å². The number of carbonyl (C=O) groups is 1. The summed E-state index contributed by atoms with van der Waals surface area (Å²) in [6, 6.07) is 2.10. The molecule has 2 rings (SSSR count). The number of hydrogen-bond acceptors (Lipinski definition) is 3. The Morgan fingerprint density at radius 2 is 2.28 bits per heavy atom. The third-order valence-corrected chi connectivity index (χ3v) is 3.92. The summed E-state index contributed by atoms with van der Waals surface area (Å²) in [6.45, 7) is 7.93. The zero-order valence-corrected chi connectivity index (χ0v) is 11.6. The van der Waals surface area contributed by atoms with Crippen LogP contribution in [-0.4, -0.2) is 47.9 Å². The number of nitrogens with zero attached hydrogens (tertiary/aromatic N) is 2. The highest BCUT2D eigenvalue weighted by molar-refractivity contribution is 6.32. The molecule has 1 aromatic rings. The molecule has 0 aromatic carbocycles. The van der Waals surface area contributed by atoms with E-state index in [4.69, 9.17) is 16.0 Å². The van der Waals surface area contributed by atoms with Gasteiger partial charge in [0.15, 0.2) is 0 Å². The van der Waals surface area contributed by atoms with Gasteiger partial charge in [-0.3, -0.25) is 9.69 Å². The van der Waals surface area contributed by atoms with Crippen LogP contribution >= 0.6 is 11.6 Å². The lowest BCUT2D eigenvalue weighted by molar-refractivity contribution is 0.0777. The maximum absolute atomic E-state index is 12.2. The Morgan fingerprint density at radius 3 is 2.83 bits per heavy atom. The van der Waals surface area contributed by atoms with Crippen LogP contribution < -0.4 is 0 Å². The van der Waals surface area contributed by atoms with Crippen LogP contribution in [0.5, 0.6) is 0 Å². The van der Waals surface area contributed by atoms with Gasteiger partial charge in [0.25, 0.3) is 5.91 Å². The molecule has 5 heteroatoms. The fourth-order valence-corrected chi connectivity index (χ4v) is 2.78. The predicted octanol–water partition coefficient (Wildman–Crippen LogP) is 2.49. The molecule has 1 amide bonds. The molecule has 0 N–H and O–H groups in total. The highest BCUT2D eigenvalue weighted by Gasteiger charge is 2.30. The Bertz CT molecular complexity index is 415. The van der Waals surface area contributed by atoms with Crippen LogP contribution in [0.1, 0.15) is 30.6 Å². The molecule has 1 aliphatic rings. The minimum atomic E-state index is -0.0246. The number of likely N-dealkylation sites (N-methyl/N-ethyl adjacent to an activating group) is 1. The molecule has 2 heterocycles. The topological polar surface area (TPSA) is 36.7 Å². The number of carbonyl (C=O) groups excluding carboxylic acids is 1.